The number of carbonyl (C=O) groups is 1. The molecule has 132 valence electrons. The minimum Gasteiger partial charge on any atom is -0.353 e. The highest BCUT2D eigenvalue weighted by atomic mass is 127. The molecule has 1 amide bonds. The number of nitrogens with zero attached hydrogens (tertiary/aromatic N) is 5. The van der Waals surface area contributed by atoms with Crippen molar-refractivity contribution >= 4 is 34.3 Å². The lowest BCUT2D eigenvalue weighted by Gasteiger charge is -2.35. The number of hydrogen-bond donors (Lipinski definition) is 0. The van der Waals surface area contributed by atoms with Crippen LogP contribution in [0.3, 0.4) is 0 Å². The van der Waals surface area contributed by atoms with Crippen molar-refractivity contribution in [1.29, 1.82) is 0 Å². The summed E-state index contributed by atoms with van der Waals surface area (Å²) in [5.41, 5.74) is 0.752. The first-order chi connectivity index (χ1) is 12.7. The summed E-state index contributed by atoms with van der Waals surface area (Å²) in [4.78, 5) is 25.5. The molecule has 0 radical (unpaired) electrons. The molecule has 1 fully saturated rings. The largest absolute Gasteiger partial charge is 0.353 e. The number of piperazine rings is 1. The Bertz CT molecular complexity index is 904. The SMILES string of the molecule is O=C(c1cccc(I)c1)N1CCN(c2cc(-n3cccc3)ncn2)CC1. The van der Waals surface area contributed by atoms with E-state index in [4.69, 9.17) is 0 Å². The number of anilines is 1. The number of carbonyl (C=O) groups excluding carboxylic acids is 1. The zero-order valence-corrected chi connectivity index (χ0v) is 16.3. The third kappa shape index (κ3) is 3.57. The van der Waals surface area contributed by atoms with E-state index in [1.165, 1.54) is 0 Å². The first-order valence-corrected chi connectivity index (χ1v) is 9.54. The van der Waals surface area contributed by atoms with Crippen molar-refractivity contribution in [2.24, 2.45) is 0 Å². The van der Waals surface area contributed by atoms with E-state index < -0.39 is 0 Å². The molecule has 6 nitrogen and oxygen atoms in total. The van der Waals surface area contributed by atoms with E-state index in [0.29, 0.717) is 13.1 Å². The van der Waals surface area contributed by atoms with Crippen molar-refractivity contribution in [1.82, 2.24) is 19.4 Å². The van der Waals surface area contributed by atoms with E-state index in [-0.39, 0.29) is 5.91 Å². The van der Waals surface area contributed by atoms with Gasteiger partial charge in [0.05, 0.1) is 0 Å². The highest BCUT2D eigenvalue weighted by Gasteiger charge is 2.23. The average molecular weight is 459 g/mol. The van der Waals surface area contributed by atoms with Crippen molar-refractivity contribution in [3.8, 4) is 5.82 Å². The smallest absolute Gasteiger partial charge is 0.254 e. The summed E-state index contributed by atoms with van der Waals surface area (Å²) in [6.45, 7) is 2.90. The van der Waals surface area contributed by atoms with Gasteiger partial charge in [-0.2, -0.15) is 0 Å². The van der Waals surface area contributed by atoms with Gasteiger partial charge in [0.1, 0.15) is 18.0 Å². The molecular weight excluding hydrogens is 441 g/mol. The van der Waals surface area contributed by atoms with Crippen molar-refractivity contribution < 1.29 is 4.79 Å². The molecule has 0 saturated carbocycles. The number of halogens is 1. The van der Waals surface area contributed by atoms with Gasteiger partial charge >= 0.3 is 0 Å². The van der Waals surface area contributed by atoms with Crippen molar-refractivity contribution in [3.05, 3.63) is 70.3 Å². The van der Waals surface area contributed by atoms with Crippen LogP contribution in [0.5, 0.6) is 0 Å². The van der Waals surface area contributed by atoms with Gasteiger partial charge in [-0.15, -0.1) is 0 Å². The van der Waals surface area contributed by atoms with Crippen LogP contribution in [-0.4, -0.2) is 51.5 Å². The first kappa shape index (κ1) is 17.0. The molecule has 4 rings (SSSR count). The molecule has 7 heteroatoms. The second-order valence-corrected chi connectivity index (χ2v) is 7.36. The van der Waals surface area contributed by atoms with Gasteiger partial charge in [0.25, 0.3) is 5.91 Å². The van der Waals surface area contributed by atoms with Crippen molar-refractivity contribution in [2.45, 2.75) is 0 Å². The number of hydrogen-bond acceptors (Lipinski definition) is 4. The molecule has 1 aliphatic heterocycles. The van der Waals surface area contributed by atoms with Gasteiger partial charge in [0.15, 0.2) is 0 Å². The highest BCUT2D eigenvalue weighted by molar-refractivity contribution is 14.1. The predicted molar refractivity (Wildman–Crippen MR) is 109 cm³/mol. The Labute approximate surface area is 165 Å². The molecule has 0 unspecified atom stereocenters. The number of aromatic nitrogens is 3. The van der Waals surface area contributed by atoms with Crippen LogP contribution in [0, 0.1) is 3.57 Å². The maximum Gasteiger partial charge on any atom is 0.254 e. The van der Waals surface area contributed by atoms with Crippen LogP contribution >= 0.6 is 22.6 Å². The van der Waals surface area contributed by atoms with Gasteiger partial charge in [0, 0.05) is 53.8 Å². The van der Waals surface area contributed by atoms with E-state index in [1.54, 1.807) is 6.33 Å². The molecule has 1 aromatic carbocycles. The minimum atomic E-state index is 0.0962. The molecule has 0 bridgehead atoms. The van der Waals surface area contributed by atoms with Crippen LogP contribution in [0.15, 0.2) is 61.2 Å². The van der Waals surface area contributed by atoms with Crippen LogP contribution in [0.1, 0.15) is 10.4 Å². The second kappa shape index (κ2) is 7.45. The summed E-state index contributed by atoms with van der Waals surface area (Å²) in [6, 6.07) is 13.7. The summed E-state index contributed by atoms with van der Waals surface area (Å²) < 4.78 is 3.03. The Morgan fingerprint density at radius 1 is 0.923 bits per heavy atom. The monoisotopic (exact) mass is 459 g/mol. The second-order valence-electron chi connectivity index (χ2n) is 6.11. The normalized spacial score (nSPS) is 14.5. The fourth-order valence-electron chi connectivity index (χ4n) is 3.08. The minimum absolute atomic E-state index is 0.0962. The van der Waals surface area contributed by atoms with Crippen LogP contribution < -0.4 is 4.90 Å². The molecule has 3 aromatic rings. The van der Waals surface area contributed by atoms with Gasteiger partial charge in [-0.05, 0) is 52.9 Å². The number of amides is 1. The first-order valence-electron chi connectivity index (χ1n) is 8.46. The molecule has 1 saturated heterocycles. The van der Waals surface area contributed by atoms with E-state index in [1.807, 2.05) is 64.3 Å². The van der Waals surface area contributed by atoms with Crippen LogP contribution in [0.2, 0.25) is 0 Å². The standard InChI is InChI=1S/C19H18IN5O/c20-16-5-3-4-15(12-16)19(26)25-10-8-24(9-11-25)18-13-17(21-14-22-18)23-6-1-2-7-23/h1-7,12-14H,8-11H2. The van der Waals surface area contributed by atoms with Crippen molar-refractivity contribution in [2.75, 3.05) is 31.1 Å². The fraction of sp³-hybridized carbons (Fsp3) is 0.211. The van der Waals surface area contributed by atoms with E-state index in [9.17, 15) is 4.79 Å². The molecular formula is C19H18IN5O. The van der Waals surface area contributed by atoms with Gasteiger partial charge in [-0.25, -0.2) is 9.97 Å². The average Bonchev–Trinajstić information content (AvgIpc) is 3.23. The van der Waals surface area contributed by atoms with E-state index in [2.05, 4.69) is 37.5 Å². The van der Waals surface area contributed by atoms with Gasteiger partial charge in [0.2, 0.25) is 0 Å². The molecule has 0 atom stereocenters. The third-order valence-corrected chi connectivity index (χ3v) is 5.14. The summed E-state index contributed by atoms with van der Waals surface area (Å²) in [5.74, 6) is 1.83. The Kier molecular flexibility index (Phi) is 4.87. The van der Waals surface area contributed by atoms with Gasteiger partial charge < -0.3 is 14.4 Å². The lowest BCUT2D eigenvalue weighted by atomic mass is 10.2. The van der Waals surface area contributed by atoms with Crippen molar-refractivity contribution in [3.63, 3.8) is 0 Å². The van der Waals surface area contributed by atoms with E-state index in [0.717, 1.165) is 33.9 Å². The topological polar surface area (TPSA) is 54.3 Å². The number of rotatable bonds is 3. The lowest BCUT2D eigenvalue weighted by Crippen LogP contribution is -2.49. The van der Waals surface area contributed by atoms with Gasteiger partial charge in [-0.3, -0.25) is 4.79 Å². The maximum absolute atomic E-state index is 12.7. The maximum atomic E-state index is 12.7. The zero-order chi connectivity index (χ0) is 17.9. The Balaban J connectivity index is 1.44. The Morgan fingerprint density at radius 3 is 2.38 bits per heavy atom. The lowest BCUT2D eigenvalue weighted by molar-refractivity contribution is 0.0746. The van der Waals surface area contributed by atoms with Crippen LogP contribution in [0.4, 0.5) is 5.82 Å². The molecule has 3 heterocycles. The fourth-order valence-corrected chi connectivity index (χ4v) is 3.62. The summed E-state index contributed by atoms with van der Waals surface area (Å²) >= 11 is 2.23. The van der Waals surface area contributed by atoms with Crippen LogP contribution in [-0.2, 0) is 0 Å². The zero-order valence-electron chi connectivity index (χ0n) is 14.1. The molecule has 1 aliphatic rings. The molecule has 0 N–H and O–H groups in total. The molecule has 2 aromatic heterocycles. The summed E-state index contributed by atoms with van der Waals surface area (Å²) in [6.07, 6.45) is 5.52. The molecule has 0 aliphatic carbocycles. The Morgan fingerprint density at radius 2 is 1.65 bits per heavy atom. The number of benzene rings is 1. The highest BCUT2D eigenvalue weighted by Crippen LogP contribution is 2.18. The van der Waals surface area contributed by atoms with Gasteiger partial charge in [-0.1, -0.05) is 6.07 Å². The quantitative estimate of drug-likeness (QED) is 0.566. The third-order valence-electron chi connectivity index (χ3n) is 4.47. The van der Waals surface area contributed by atoms with Crippen LogP contribution in [0.25, 0.3) is 5.82 Å². The predicted octanol–water partition coefficient (Wildman–Crippen LogP) is 2.83. The summed E-state index contributed by atoms with van der Waals surface area (Å²) in [5, 5.41) is 0. The summed E-state index contributed by atoms with van der Waals surface area (Å²) in [7, 11) is 0. The molecule has 26 heavy (non-hydrogen) atoms. The Hall–Kier alpha value is -2.42. The van der Waals surface area contributed by atoms with E-state index >= 15 is 0 Å². The molecule has 0 spiro atoms.